The Bertz CT molecular complexity index is 430. The Morgan fingerprint density at radius 1 is 1.38 bits per heavy atom. The number of aliphatic hydroxyl groups excluding tert-OH is 1. The lowest BCUT2D eigenvalue weighted by atomic mass is 10.1. The van der Waals surface area contributed by atoms with E-state index in [4.69, 9.17) is 0 Å². The molecule has 2 N–H and O–H groups in total. The SMILES string of the molecule is CS(=O)(=O)NCCC(O)c1ccc(F)cc1. The van der Waals surface area contributed by atoms with Crippen molar-refractivity contribution in [2.24, 2.45) is 0 Å². The van der Waals surface area contributed by atoms with Crippen molar-refractivity contribution in [3.05, 3.63) is 35.6 Å². The quantitative estimate of drug-likeness (QED) is 0.808. The minimum absolute atomic E-state index is 0.150. The van der Waals surface area contributed by atoms with E-state index in [1.165, 1.54) is 24.3 Å². The molecule has 4 nitrogen and oxygen atoms in total. The number of hydrogen-bond acceptors (Lipinski definition) is 3. The molecule has 0 aliphatic heterocycles. The molecule has 0 radical (unpaired) electrons. The Morgan fingerprint density at radius 3 is 2.44 bits per heavy atom. The first kappa shape index (κ1) is 13.1. The summed E-state index contributed by atoms with van der Waals surface area (Å²) in [7, 11) is -3.23. The predicted octanol–water partition coefficient (Wildman–Crippen LogP) is 0.798. The standard InChI is InChI=1S/C10H14FNO3S/c1-16(14,15)12-7-6-10(13)8-2-4-9(11)5-3-8/h2-5,10,12-13H,6-7H2,1H3. The maximum atomic E-state index is 12.6. The maximum absolute atomic E-state index is 12.6. The summed E-state index contributed by atoms with van der Waals surface area (Å²) in [4.78, 5) is 0. The summed E-state index contributed by atoms with van der Waals surface area (Å²) >= 11 is 0. The lowest BCUT2D eigenvalue weighted by molar-refractivity contribution is 0.169. The molecule has 0 heterocycles. The number of nitrogens with one attached hydrogen (secondary N) is 1. The molecule has 6 heteroatoms. The molecule has 0 spiro atoms. The van der Waals surface area contributed by atoms with Crippen LogP contribution in [0.15, 0.2) is 24.3 Å². The molecule has 1 aromatic carbocycles. The van der Waals surface area contributed by atoms with Crippen LogP contribution in [-0.4, -0.2) is 26.3 Å². The highest BCUT2D eigenvalue weighted by Gasteiger charge is 2.08. The summed E-state index contributed by atoms with van der Waals surface area (Å²) in [6.07, 6.45) is 0.505. The van der Waals surface area contributed by atoms with E-state index in [9.17, 15) is 17.9 Å². The zero-order valence-corrected chi connectivity index (χ0v) is 9.67. The van der Waals surface area contributed by atoms with Gasteiger partial charge in [0.1, 0.15) is 5.82 Å². The number of halogens is 1. The largest absolute Gasteiger partial charge is 0.388 e. The summed E-state index contributed by atoms with van der Waals surface area (Å²) in [6.45, 7) is 0.150. The van der Waals surface area contributed by atoms with Crippen molar-refractivity contribution in [3.63, 3.8) is 0 Å². The van der Waals surface area contributed by atoms with Crippen molar-refractivity contribution >= 4 is 10.0 Å². The van der Waals surface area contributed by atoms with E-state index >= 15 is 0 Å². The van der Waals surface area contributed by atoms with Crippen LogP contribution in [0.1, 0.15) is 18.1 Å². The molecule has 1 aromatic rings. The molecule has 16 heavy (non-hydrogen) atoms. The van der Waals surface area contributed by atoms with Gasteiger partial charge in [0, 0.05) is 6.54 Å². The molecule has 0 aromatic heterocycles. The van der Waals surface area contributed by atoms with Crippen LogP contribution in [0.2, 0.25) is 0 Å². The van der Waals surface area contributed by atoms with Gasteiger partial charge in [-0.05, 0) is 24.1 Å². The van der Waals surface area contributed by atoms with Gasteiger partial charge < -0.3 is 5.11 Å². The first-order valence-corrected chi connectivity index (χ1v) is 6.66. The fraction of sp³-hybridized carbons (Fsp3) is 0.400. The highest BCUT2D eigenvalue weighted by atomic mass is 32.2. The smallest absolute Gasteiger partial charge is 0.208 e. The fourth-order valence-electron chi connectivity index (χ4n) is 1.23. The summed E-state index contributed by atoms with van der Waals surface area (Å²) in [5.41, 5.74) is 0.566. The van der Waals surface area contributed by atoms with Crippen LogP contribution in [0.25, 0.3) is 0 Å². The predicted molar refractivity (Wildman–Crippen MR) is 58.8 cm³/mol. The second-order valence-electron chi connectivity index (χ2n) is 3.52. The van der Waals surface area contributed by atoms with Gasteiger partial charge in [-0.3, -0.25) is 0 Å². The third-order valence-electron chi connectivity index (χ3n) is 2.04. The highest BCUT2D eigenvalue weighted by Crippen LogP contribution is 2.16. The van der Waals surface area contributed by atoms with Crippen LogP contribution in [0.5, 0.6) is 0 Å². The van der Waals surface area contributed by atoms with E-state index in [1.807, 2.05) is 0 Å². The molecule has 0 aliphatic rings. The van der Waals surface area contributed by atoms with Gasteiger partial charge >= 0.3 is 0 Å². The Labute approximate surface area is 94.2 Å². The van der Waals surface area contributed by atoms with Crippen molar-refractivity contribution in [1.29, 1.82) is 0 Å². The zero-order chi connectivity index (χ0) is 12.2. The molecular weight excluding hydrogens is 233 g/mol. The summed E-state index contributed by atoms with van der Waals surface area (Å²) in [5.74, 6) is -0.370. The van der Waals surface area contributed by atoms with Gasteiger partial charge in [0.25, 0.3) is 0 Å². The zero-order valence-electron chi connectivity index (χ0n) is 8.85. The van der Waals surface area contributed by atoms with Crippen LogP contribution in [0.3, 0.4) is 0 Å². The first-order chi connectivity index (χ1) is 7.38. The molecule has 0 bridgehead atoms. The van der Waals surface area contributed by atoms with Crippen molar-refractivity contribution < 1.29 is 17.9 Å². The van der Waals surface area contributed by atoms with E-state index in [0.717, 1.165) is 6.26 Å². The van der Waals surface area contributed by atoms with Crippen LogP contribution < -0.4 is 4.72 Å². The molecule has 1 rings (SSSR count). The minimum atomic E-state index is -3.23. The molecular formula is C10H14FNO3S. The van der Waals surface area contributed by atoms with E-state index in [1.54, 1.807) is 0 Å². The number of rotatable bonds is 5. The van der Waals surface area contributed by atoms with Crippen LogP contribution in [0.4, 0.5) is 4.39 Å². The minimum Gasteiger partial charge on any atom is -0.388 e. The summed E-state index contributed by atoms with van der Waals surface area (Å²) in [6, 6.07) is 5.45. The Morgan fingerprint density at radius 2 is 1.94 bits per heavy atom. The lowest BCUT2D eigenvalue weighted by Crippen LogP contribution is -2.24. The fourth-order valence-corrected chi connectivity index (χ4v) is 1.72. The Balaban J connectivity index is 2.47. The Hall–Kier alpha value is -0.980. The highest BCUT2D eigenvalue weighted by molar-refractivity contribution is 7.88. The number of sulfonamides is 1. The monoisotopic (exact) mass is 247 g/mol. The second kappa shape index (κ2) is 5.38. The number of hydrogen-bond donors (Lipinski definition) is 2. The third kappa shape index (κ3) is 4.69. The maximum Gasteiger partial charge on any atom is 0.208 e. The van der Waals surface area contributed by atoms with Gasteiger partial charge in [-0.15, -0.1) is 0 Å². The molecule has 0 amide bonds. The third-order valence-corrected chi connectivity index (χ3v) is 2.77. The van der Waals surface area contributed by atoms with Crippen molar-refractivity contribution in [3.8, 4) is 0 Å². The van der Waals surface area contributed by atoms with E-state index in [-0.39, 0.29) is 18.8 Å². The number of aliphatic hydroxyl groups is 1. The van der Waals surface area contributed by atoms with Crippen molar-refractivity contribution in [2.45, 2.75) is 12.5 Å². The van der Waals surface area contributed by atoms with Crippen LogP contribution in [0, 0.1) is 5.82 Å². The average molecular weight is 247 g/mol. The Kier molecular flexibility index (Phi) is 4.40. The normalized spacial score (nSPS) is 13.7. The summed E-state index contributed by atoms with van der Waals surface area (Å²) in [5, 5.41) is 9.65. The van der Waals surface area contributed by atoms with Gasteiger partial charge in [0.2, 0.25) is 10.0 Å². The van der Waals surface area contributed by atoms with Crippen LogP contribution in [-0.2, 0) is 10.0 Å². The van der Waals surface area contributed by atoms with Crippen molar-refractivity contribution in [1.82, 2.24) is 4.72 Å². The number of benzene rings is 1. The van der Waals surface area contributed by atoms with Gasteiger partial charge in [0.15, 0.2) is 0 Å². The molecule has 0 saturated heterocycles. The van der Waals surface area contributed by atoms with E-state index < -0.39 is 16.1 Å². The van der Waals surface area contributed by atoms with Gasteiger partial charge in [-0.1, -0.05) is 12.1 Å². The first-order valence-electron chi connectivity index (χ1n) is 4.76. The van der Waals surface area contributed by atoms with Gasteiger partial charge in [0.05, 0.1) is 12.4 Å². The average Bonchev–Trinajstić information content (AvgIpc) is 2.16. The molecule has 90 valence electrons. The summed E-state index contributed by atoms with van der Waals surface area (Å²) < 4.78 is 36.4. The van der Waals surface area contributed by atoms with E-state index in [0.29, 0.717) is 5.56 Å². The van der Waals surface area contributed by atoms with E-state index in [2.05, 4.69) is 4.72 Å². The molecule has 1 unspecified atom stereocenters. The molecule has 0 fully saturated rings. The lowest BCUT2D eigenvalue weighted by Gasteiger charge is -2.10. The van der Waals surface area contributed by atoms with Crippen LogP contribution >= 0.6 is 0 Å². The molecule has 0 saturated carbocycles. The van der Waals surface area contributed by atoms with Gasteiger partial charge in [-0.25, -0.2) is 17.5 Å². The topological polar surface area (TPSA) is 66.4 Å². The van der Waals surface area contributed by atoms with Crippen molar-refractivity contribution in [2.75, 3.05) is 12.8 Å². The van der Waals surface area contributed by atoms with Gasteiger partial charge in [-0.2, -0.15) is 0 Å². The second-order valence-corrected chi connectivity index (χ2v) is 5.36. The molecule has 1 atom stereocenters. The molecule has 0 aliphatic carbocycles.